The zero-order chi connectivity index (χ0) is 16.9. The van der Waals surface area contributed by atoms with Gasteiger partial charge in [-0.1, -0.05) is 30.3 Å². The van der Waals surface area contributed by atoms with E-state index in [9.17, 15) is 9.18 Å². The van der Waals surface area contributed by atoms with Crippen LogP contribution in [0.4, 0.5) is 4.39 Å². The molecular weight excluding hydrogens is 325 g/mol. The highest BCUT2D eigenvalue weighted by Gasteiger charge is 2.12. The van der Waals surface area contributed by atoms with E-state index in [0.29, 0.717) is 30.0 Å². The van der Waals surface area contributed by atoms with Gasteiger partial charge in [0.2, 0.25) is 0 Å². The van der Waals surface area contributed by atoms with Crippen LogP contribution in [0, 0.1) is 5.82 Å². The Labute approximate surface area is 144 Å². The second kappa shape index (κ2) is 7.55. The van der Waals surface area contributed by atoms with Crippen molar-refractivity contribution in [1.82, 2.24) is 5.32 Å². The minimum atomic E-state index is -0.298. The van der Waals surface area contributed by atoms with Crippen molar-refractivity contribution in [2.24, 2.45) is 0 Å². The van der Waals surface area contributed by atoms with Crippen molar-refractivity contribution in [3.8, 4) is 0 Å². The third kappa shape index (κ3) is 3.80. The Hall–Kier alpha value is -2.24. The van der Waals surface area contributed by atoms with Gasteiger partial charge in [-0.2, -0.15) is 0 Å². The molecule has 3 rings (SSSR count). The van der Waals surface area contributed by atoms with Crippen LogP contribution in [0.15, 0.2) is 48.5 Å². The van der Waals surface area contributed by atoms with Crippen molar-refractivity contribution in [2.75, 3.05) is 6.61 Å². The molecule has 0 radical (unpaired) electrons. The number of carbonyl (C=O) groups is 1. The van der Waals surface area contributed by atoms with E-state index in [1.807, 2.05) is 37.3 Å². The van der Waals surface area contributed by atoms with Gasteiger partial charge in [-0.15, -0.1) is 11.3 Å². The Balaban J connectivity index is 1.63. The number of hydrogen-bond acceptors (Lipinski definition) is 3. The lowest BCUT2D eigenvalue weighted by atomic mass is 10.1. The van der Waals surface area contributed by atoms with Crippen molar-refractivity contribution < 1.29 is 13.9 Å². The highest BCUT2D eigenvalue weighted by Crippen LogP contribution is 2.27. The van der Waals surface area contributed by atoms with Gasteiger partial charge in [0.25, 0.3) is 5.91 Å². The fraction of sp³-hybridized carbons (Fsp3) is 0.211. The lowest BCUT2D eigenvalue weighted by Gasteiger charge is -2.06. The molecule has 2 aromatic carbocycles. The highest BCUT2D eigenvalue weighted by molar-refractivity contribution is 7.20. The van der Waals surface area contributed by atoms with Gasteiger partial charge in [-0.3, -0.25) is 4.79 Å². The van der Waals surface area contributed by atoms with Crippen molar-refractivity contribution in [2.45, 2.75) is 20.1 Å². The molecule has 3 nitrogen and oxygen atoms in total. The quantitative estimate of drug-likeness (QED) is 0.715. The summed E-state index contributed by atoms with van der Waals surface area (Å²) < 4.78 is 19.8. The number of halogens is 1. The van der Waals surface area contributed by atoms with Gasteiger partial charge in [-0.05, 0) is 36.2 Å². The average Bonchev–Trinajstić information content (AvgIpc) is 3.04. The first-order valence-electron chi connectivity index (χ1n) is 7.79. The van der Waals surface area contributed by atoms with E-state index in [0.717, 1.165) is 15.8 Å². The van der Waals surface area contributed by atoms with Crippen molar-refractivity contribution in [1.29, 1.82) is 0 Å². The molecule has 0 aliphatic rings. The third-order valence-corrected chi connectivity index (χ3v) is 4.78. The van der Waals surface area contributed by atoms with Gasteiger partial charge in [0, 0.05) is 23.2 Å². The lowest BCUT2D eigenvalue weighted by molar-refractivity contribution is 0.0955. The van der Waals surface area contributed by atoms with Gasteiger partial charge in [0.05, 0.1) is 11.5 Å². The predicted molar refractivity (Wildman–Crippen MR) is 94.7 cm³/mol. The summed E-state index contributed by atoms with van der Waals surface area (Å²) in [6, 6.07) is 14.4. The van der Waals surface area contributed by atoms with E-state index < -0.39 is 0 Å². The van der Waals surface area contributed by atoms with E-state index in [1.165, 1.54) is 17.4 Å². The van der Waals surface area contributed by atoms with E-state index >= 15 is 0 Å². The number of rotatable bonds is 6. The molecule has 1 aromatic heterocycles. The van der Waals surface area contributed by atoms with E-state index in [2.05, 4.69) is 5.32 Å². The van der Waals surface area contributed by atoms with E-state index in [1.54, 1.807) is 12.1 Å². The summed E-state index contributed by atoms with van der Waals surface area (Å²) in [5.41, 5.74) is 2.11. The van der Waals surface area contributed by atoms with Crippen LogP contribution in [0.3, 0.4) is 0 Å². The zero-order valence-corrected chi connectivity index (χ0v) is 14.2. The number of benzene rings is 2. The summed E-state index contributed by atoms with van der Waals surface area (Å²) in [6.07, 6.45) is 0. The minimum Gasteiger partial charge on any atom is -0.377 e. The van der Waals surface area contributed by atoms with Gasteiger partial charge in [0.1, 0.15) is 5.82 Å². The number of ether oxygens (including phenoxy) is 1. The number of carbonyl (C=O) groups excluding carboxylic acids is 1. The maximum absolute atomic E-state index is 13.7. The predicted octanol–water partition coefficient (Wildman–Crippen LogP) is 4.51. The van der Waals surface area contributed by atoms with Gasteiger partial charge < -0.3 is 10.1 Å². The van der Waals surface area contributed by atoms with E-state index in [-0.39, 0.29) is 11.7 Å². The molecule has 0 atom stereocenters. The van der Waals surface area contributed by atoms with Crippen LogP contribution in [0.1, 0.15) is 27.7 Å². The molecule has 1 amide bonds. The smallest absolute Gasteiger partial charge is 0.261 e. The Morgan fingerprint density at radius 3 is 2.62 bits per heavy atom. The van der Waals surface area contributed by atoms with Gasteiger partial charge >= 0.3 is 0 Å². The summed E-state index contributed by atoms with van der Waals surface area (Å²) in [5, 5.41) is 3.37. The molecule has 0 aliphatic heterocycles. The van der Waals surface area contributed by atoms with Crippen LogP contribution in [-0.4, -0.2) is 12.5 Å². The first kappa shape index (κ1) is 16.6. The number of amides is 1. The molecule has 0 bridgehead atoms. The number of hydrogen-bond donors (Lipinski definition) is 1. The average molecular weight is 343 g/mol. The lowest BCUT2D eigenvalue weighted by Crippen LogP contribution is -2.21. The highest BCUT2D eigenvalue weighted by atomic mass is 32.1. The molecule has 0 unspecified atom stereocenters. The molecule has 0 fully saturated rings. The minimum absolute atomic E-state index is 0.186. The summed E-state index contributed by atoms with van der Waals surface area (Å²) in [6.45, 7) is 3.68. The second-order valence-electron chi connectivity index (χ2n) is 5.40. The Morgan fingerprint density at radius 1 is 1.17 bits per heavy atom. The first-order valence-corrected chi connectivity index (χ1v) is 8.61. The summed E-state index contributed by atoms with van der Waals surface area (Å²) in [4.78, 5) is 12.8. The van der Waals surface area contributed by atoms with Crippen LogP contribution in [-0.2, 0) is 17.9 Å². The Bertz CT molecular complexity index is 842. The summed E-state index contributed by atoms with van der Waals surface area (Å²) in [5.74, 6) is -0.485. The molecule has 1 N–H and O–H groups in total. The molecule has 3 aromatic rings. The molecule has 1 heterocycles. The number of nitrogens with one attached hydrogen (secondary N) is 1. The van der Waals surface area contributed by atoms with Gasteiger partial charge in [0.15, 0.2) is 0 Å². The molecule has 124 valence electrons. The van der Waals surface area contributed by atoms with Crippen molar-refractivity contribution >= 4 is 27.3 Å². The normalized spacial score (nSPS) is 10.9. The standard InChI is InChI=1S/C19H18FNO2S/c1-2-23-12-14-8-6-13(7-9-14)11-21-19(22)18-10-15-16(20)4-3-5-17(15)24-18/h3-10H,2,11-12H2,1H3,(H,21,22). The molecule has 0 saturated heterocycles. The number of fused-ring (bicyclic) bond motifs is 1. The van der Waals surface area contributed by atoms with Crippen molar-refractivity contribution in [3.05, 3.63) is 70.4 Å². The third-order valence-electron chi connectivity index (χ3n) is 3.68. The largest absolute Gasteiger partial charge is 0.377 e. The van der Waals surface area contributed by atoms with Crippen LogP contribution < -0.4 is 5.32 Å². The van der Waals surface area contributed by atoms with Crippen LogP contribution >= 0.6 is 11.3 Å². The van der Waals surface area contributed by atoms with E-state index in [4.69, 9.17) is 4.74 Å². The SMILES string of the molecule is CCOCc1ccc(CNC(=O)c2cc3c(F)cccc3s2)cc1. The molecule has 0 aliphatic carbocycles. The molecule has 24 heavy (non-hydrogen) atoms. The topological polar surface area (TPSA) is 38.3 Å². The summed E-state index contributed by atoms with van der Waals surface area (Å²) >= 11 is 1.30. The van der Waals surface area contributed by atoms with Crippen LogP contribution in [0.25, 0.3) is 10.1 Å². The zero-order valence-electron chi connectivity index (χ0n) is 13.3. The molecule has 5 heteroatoms. The molecular formula is C19H18FNO2S. The fourth-order valence-corrected chi connectivity index (χ4v) is 3.37. The fourth-order valence-electron chi connectivity index (χ4n) is 2.38. The second-order valence-corrected chi connectivity index (χ2v) is 6.48. The molecule has 0 saturated carbocycles. The summed E-state index contributed by atoms with van der Waals surface area (Å²) in [7, 11) is 0. The molecule has 0 spiro atoms. The van der Waals surface area contributed by atoms with Crippen LogP contribution in [0.5, 0.6) is 0 Å². The van der Waals surface area contributed by atoms with Crippen LogP contribution in [0.2, 0.25) is 0 Å². The Kier molecular flexibility index (Phi) is 5.23. The maximum atomic E-state index is 13.7. The maximum Gasteiger partial charge on any atom is 0.261 e. The Morgan fingerprint density at radius 2 is 1.92 bits per heavy atom. The number of thiophene rings is 1. The first-order chi connectivity index (χ1) is 11.7. The van der Waals surface area contributed by atoms with Crippen molar-refractivity contribution in [3.63, 3.8) is 0 Å². The van der Waals surface area contributed by atoms with Gasteiger partial charge in [-0.25, -0.2) is 4.39 Å². The monoisotopic (exact) mass is 343 g/mol.